The Morgan fingerprint density at radius 1 is 0.684 bits per heavy atom. The molecule has 0 aliphatic carbocycles. The summed E-state index contributed by atoms with van der Waals surface area (Å²) < 4.78 is 11.7. The third-order valence-corrected chi connectivity index (χ3v) is 7.54. The van der Waals surface area contributed by atoms with Crippen molar-refractivity contribution in [1.29, 1.82) is 0 Å². The number of H-pyrrole nitrogens is 2. The monoisotopic (exact) mass is 592 g/mol. The number of aromatic nitrogens is 6. The molecule has 0 saturated carbocycles. The number of benzene rings is 1. The van der Waals surface area contributed by atoms with Gasteiger partial charge in [0.15, 0.2) is 10.3 Å². The third kappa shape index (κ3) is 7.77. The number of nitrogens with zero attached hydrogens (tertiary/aromatic N) is 6. The van der Waals surface area contributed by atoms with Crippen molar-refractivity contribution in [1.82, 2.24) is 29.9 Å². The number of rotatable bonds is 10. The topological polar surface area (TPSA) is 132 Å². The van der Waals surface area contributed by atoms with Crippen LogP contribution in [-0.4, -0.2) is 94.3 Å². The summed E-state index contributed by atoms with van der Waals surface area (Å²) in [6.45, 7) is 5.86. The first-order chi connectivity index (χ1) is 18.6. The Kier molecular flexibility index (Phi) is 9.64. The molecule has 5 rings (SSSR count). The zero-order valence-corrected chi connectivity index (χ0v) is 23.8. The summed E-state index contributed by atoms with van der Waals surface area (Å²) in [5.74, 6) is 2.70. The smallest absolute Gasteiger partial charge is 0.207 e. The molecule has 0 amide bonds. The van der Waals surface area contributed by atoms with E-state index >= 15 is 0 Å². The summed E-state index contributed by atoms with van der Waals surface area (Å²) in [6.07, 6.45) is 0. The Morgan fingerprint density at radius 2 is 1.08 bits per heavy atom. The Balaban J connectivity index is 1.08. The SMILES string of the molecule is S=c1nc(SCNc2ccc(NCSc3nc(N4CCOCC4)[nH]c(=S)n3)cc2)nc(N2CCOCC2)[nH]1. The van der Waals surface area contributed by atoms with E-state index in [4.69, 9.17) is 33.9 Å². The van der Waals surface area contributed by atoms with Gasteiger partial charge in [0.05, 0.1) is 38.2 Å². The van der Waals surface area contributed by atoms with E-state index in [1.807, 2.05) is 24.3 Å². The van der Waals surface area contributed by atoms with Gasteiger partial charge in [-0.25, -0.2) is 0 Å². The first kappa shape index (κ1) is 27.1. The molecule has 38 heavy (non-hydrogen) atoms. The molecule has 4 heterocycles. The van der Waals surface area contributed by atoms with E-state index in [9.17, 15) is 0 Å². The molecular formula is C22H28N10O2S4. The van der Waals surface area contributed by atoms with Crippen LogP contribution in [0.5, 0.6) is 0 Å². The van der Waals surface area contributed by atoms with Crippen LogP contribution < -0.4 is 20.4 Å². The molecular weight excluding hydrogens is 565 g/mol. The average Bonchev–Trinajstić information content (AvgIpc) is 2.94. The van der Waals surface area contributed by atoms with Gasteiger partial charge in [0.1, 0.15) is 0 Å². The molecule has 0 spiro atoms. The van der Waals surface area contributed by atoms with Gasteiger partial charge in [0, 0.05) is 37.6 Å². The van der Waals surface area contributed by atoms with Crippen molar-refractivity contribution < 1.29 is 9.47 Å². The van der Waals surface area contributed by atoms with Crippen LogP contribution in [0.3, 0.4) is 0 Å². The Bertz CT molecular complexity index is 1210. The lowest BCUT2D eigenvalue weighted by Gasteiger charge is -2.27. The lowest BCUT2D eigenvalue weighted by Crippen LogP contribution is -2.37. The van der Waals surface area contributed by atoms with Crippen LogP contribution in [0, 0.1) is 9.54 Å². The molecule has 0 radical (unpaired) electrons. The average molecular weight is 593 g/mol. The number of nitrogens with one attached hydrogen (secondary N) is 4. The molecule has 1 aromatic carbocycles. The van der Waals surface area contributed by atoms with Gasteiger partial charge < -0.3 is 39.9 Å². The van der Waals surface area contributed by atoms with Gasteiger partial charge in [-0.3, -0.25) is 0 Å². The zero-order chi connectivity index (χ0) is 26.2. The summed E-state index contributed by atoms with van der Waals surface area (Å²) in [5, 5.41) is 8.05. The van der Waals surface area contributed by atoms with Crippen molar-refractivity contribution in [3.63, 3.8) is 0 Å². The summed E-state index contributed by atoms with van der Waals surface area (Å²) in [5.41, 5.74) is 2.00. The van der Waals surface area contributed by atoms with Crippen LogP contribution in [-0.2, 0) is 9.47 Å². The van der Waals surface area contributed by atoms with Crippen LogP contribution in [0.1, 0.15) is 0 Å². The first-order valence-corrected chi connectivity index (χ1v) is 14.9. The highest BCUT2D eigenvalue weighted by atomic mass is 32.2. The highest BCUT2D eigenvalue weighted by molar-refractivity contribution is 7.99. The second-order valence-corrected chi connectivity index (χ2v) is 10.9. The van der Waals surface area contributed by atoms with Gasteiger partial charge in [-0.2, -0.15) is 19.9 Å². The molecule has 2 aliphatic heterocycles. The normalized spacial score (nSPS) is 15.9. The van der Waals surface area contributed by atoms with E-state index in [1.54, 1.807) is 0 Å². The number of morpholine rings is 2. The van der Waals surface area contributed by atoms with Crippen LogP contribution in [0.4, 0.5) is 23.3 Å². The van der Waals surface area contributed by atoms with Crippen molar-refractivity contribution in [3.05, 3.63) is 33.8 Å². The molecule has 0 unspecified atom stereocenters. The molecule has 2 saturated heterocycles. The maximum atomic E-state index is 5.41. The van der Waals surface area contributed by atoms with E-state index < -0.39 is 0 Å². The summed E-state index contributed by atoms with van der Waals surface area (Å²) in [7, 11) is 0. The molecule has 16 heteroatoms. The number of aromatic amines is 2. The standard InChI is InChI=1S/C22H28N10O2S4/c35-19-25-17(31-5-9-33-10-6-31)27-21(29-19)37-13-23-15-1-2-16(4-3-15)24-14-38-22-28-18(26-20(36)30-22)32-7-11-34-12-8-32/h1-4,23-24H,5-14H2,(H,25,27,29,35)(H,26,28,30,36). The van der Waals surface area contributed by atoms with E-state index in [1.165, 1.54) is 23.5 Å². The summed E-state index contributed by atoms with van der Waals surface area (Å²) in [4.78, 5) is 28.3. The molecule has 2 aliphatic rings. The number of anilines is 4. The van der Waals surface area contributed by atoms with Crippen LogP contribution in [0.15, 0.2) is 34.6 Å². The number of hydrogen-bond donors (Lipinski definition) is 4. The van der Waals surface area contributed by atoms with E-state index in [2.05, 4.69) is 50.3 Å². The molecule has 4 N–H and O–H groups in total. The molecule has 3 aromatic rings. The van der Waals surface area contributed by atoms with Crippen LogP contribution >= 0.6 is 48.0 Å². The Labute approximate surface area is 238 Å². The largest absolute Gasteiger partial charge is 0.378 e. The van der Waals surface area contributed by atoms with E-state index in [0.717, 1.165) is 49.5 Å². The lowest BCUT2D eigenvalue weighted by atomic mass is 10.3. The lowest BCUT2D eigenvalue weighted by molar-refractivity contribution is 0.122. The predicted molar refractivity (Wildman–Crippen MR) is 156 cm³/mol. The number of ether oxygens (including phenoxy) is 2. The molecule has 2 fully saturated rings. The van der Waals surface area contributed by atoms with Gasteiger partial charge in [-0.15, -0.1) is 0 Å². The van der Waals surface area contributed by atoms with E-state index in [-0.39, 0.29) is 0 Å². The fourth-order valence-electron chi connectivity index (χ4n) is 3.76. The predicted octanol–water partition coefficient (Wildman–Crippen LogP) is 3.38. The fraction of sp³-hybridized carbons (Fsp3) is 0.455. The van der Waals surface area contributed by atoms with Gasteiger partial charge >= 0.3 is 0 Å². The minimum absolute atomic E-state index is 0.428. The van der Waals surface area contributed by atoms with Crippen molar-refractivity contribution in [2.24, 2.45) is 0 Å². The second-order valence-electron chi connectivity index (χ2n) is 8.23. The number of thioether (sulfide) groups is 2. The highest BCUT2D eigenvalue weighted by Crippen LogP contribution is 2.21. The van der Waals surface area contributed by atoms with Gasteiger partial charge in [-0.05, 0) is 48.7 Å². The third-order valence-electron chi connectivity index (χ3n) is 5.70. The van der Waals surface area contributed by atoms with Crippen LogP contribution in [0.2, 0.25) is 0 Å². The maximum Gasteiger partial charge on any atom is 0.207 e. The summed E-state index contributed by atoms with van der Waals surface area (Å²) >= 11 is 13.6. The van der Waals surface area contributed by atoms with Gasteiger partial charge in [-0.1, -0.05) is 23.5 Å². The maximum absolute atomic E-state index is 5.41. The minimum atomic E-state index is 0.428. The molecule has 0 bridgehead atoms. The molecule has 0 atom stereocenters. The highest BCUT2D eigenvalue weighted by Gasteiger charge is 2.15. The van der Waals surface area contributed by atoms with Crippen LogP contribution in [0.25, 0.3) is 0 Å². The molecule has 12 nitrogen and oxygen atoms in total. The van der Waals surface area contributed by atoms with Gasteiger partial charge in [0.2, 0.25) is 21.4 Å². The zero-order valence-electron chi connectivity index (χ0n) is 20.5. The Morgan fingerprint density at radius 3 is 1.47 bits per heavy atom. The van der Waals surface area contributed by atoms with Crippen molar-refractivity contribution >= 4 is 71.2 Å². The number of hydrogen-bond acceptors (Lipinski definition) is 14. The van der Waals surface area contributed by atoms with Gasteiger partial charge in [0.25, 0.3) is 0 Å². The first-order valence-electron chi connectivity index (χ1n) is 12.1. The van der Waals surface area contributed by atoms with Crippen molar-refractivity contribution in [2.75, 3.05) is 84.8 Å². The Hall–Kier alpha value is -2.50. The fourth-order valence-corrected chi connectivity index (χ4v) is 5.58. The van der Waals surface area contributed by atoms with Crippen molar-refractivity contribution in [2.45, 2.75) is 10.3 Å². The quantitative estimate of drug-likeness (QED) is 0.156. The van der Waals surface area contributed by atoms with E-state index in [0.29, 0.717) is 58.0 Å². The second kappa shape index (κ2) is 13.5. The van der Waals surface area contributed by atoms with Crippen molar-refractivity contribution in [3.8, 4) is 0 Å². The molecule has 202 valence electrons. The molecule has 2 aromatic heterocycles. The minimum Gasteiger partial charge on any atom is -0.378 e. The summed E-state index contributed by atoms with van der Waals surface area (Å²) in [6, 6.07) is 8.10.